The zero-order valence-electron chi connectivity index (χ0n) is 11.2. The summed E-state index contributed by atoms with van der Waals surface area (Å²) in [5, 5.41) is 10.9. The smallest absolute Gasteiger partial charge is 0.203 e. The Morgan fingerprint density at radius 3 is 2.47 bits per heavy atom. The van der Waals surface area contributed by atoms with Crippen molar-refractivity contribution >= 4 is 27.8 Å². The van der Waals surface area contributed by atoms with Crippen molar-refractivity contribution in [3.05, 3.63) is 10.7 Å². The van der Waals surface area contributed by atoms with Crippen LogP contribution in [0.5, 0.6) is 0 Å². The van der Waals surface area contributed by atoms with E-state index in [0.29, 0.717) is 17.0 Å². The molecule has 0 aromatic carbocycles. The van der Waals surface area contributed by atoms with Crippen LogP contribution in [0.1, 0.15) is 62.1 Å². The number of aromatic nitrogens is 3. The van der Waals surface area contributed by atoms with E-state index in [1.165, 1.54) is 39.8 Å². The summed E-state index contributed by atoms with van der Waals surface area (Å²) in [7, 11) is 0. The van der Waals surface area contributed by atoms with Gasteiger partial charge in [0.1, 0.15) is 0 Å². The van der Waals surface area contributed by atoms with Gasteiger partial charge in [-0.1, -0.05) is 25.2 Å². The largest absolute Gasteiger partial charge is 0.374 e. The molecule has 1 saturated carbocycles. The number of nitrogen functional groups attached to an aromatic ring is 1. The first-order valence-corrected chi connectivity index (χ1v) is 8.46. The van der Waals surface area contributed by atoms with Crippen molar-refractivity contribution in [2.75, 3.05) is 5.73 Å². The van der Waals surface area contributed by atoms with Gasteiger partial charge in [0.2, 0.25) is 5.13 Å². The van der Waals surface area contributed by atoms with E-state index < -0.39 is 0 Å². The quantitative estimate of drug-likeness (QED) is 0.904. The first-order chi connectivity index (χ1) is 9.22. The van der Waals surface area contributed by atoms with Gasteiger partial charge in [0.05, 0.1) is 15.6 Å². The van der Waals surface area contributed by atoms with Crippen LogP contribution in [-0.4, -0.2) is 15.2 Å². The molecule has 1 fully saturated rings. The van der Waals surface area contributed by atoms with Gasteiger partial charge in [0.25, 0.3) is 0 Å². The zero-order chi connectivity index (χ0) is 13.4. The lowest BCUT2D eigenvalue weighted by Crippen LogP contribution is -1.94. The maximum Gasteiger partial charge on any atom is 0.203 e. The molecule has 3 rings (SSSR count). The summed E-state index contributed by atoms with van der Waals surface area (Å²) in [6.07, 6.45) is 4.80. The highest BCUT2D eigenvalue weighted by atomic mass is 32.1. The van der Waals surface area contributed by atoms with Crippen LogP contribution in [-0.2, 0) is 0 Å². The SMILES string of the molecule is CCC(CC)c1nc(C2CC2)c(-c2nnc(N)s2)s1. The van der Waals surface area contributed by atoms with Crippen LogP contribution in [0.2, 0.25) is 0 Å². The van der Waals surface area contributed by atoms with E-state index in [4.69, 9.17) is 10.7 Å². The molecule has 102 valence electrons. The zero-order valence-corrected chi connectivity index (χ0v) is 12.9. The van der Waals surface area contributed by atoms with E-state index in [1.807, 2.05) is 0 Å². The molecule has 0 spiro atoms. The fraction of sp³-hybridized carbons (Fsp3) is 0.615. The number of rotatable bonds is 5. The molecule has 2 heterocycles. The summed E-state index contributed by atoms with van der Waals surface area (Å²) in [4.78, 5) is 6.12. The third-order valence-electron chi connectivity index (χ3n) is 3.60. The Hall–Kier alpha value is -1.01. The van der Waals surface area contributed by atoms with Crippen LogP contribution in [0.3, 0.4) is 0 Å². The molecular weight excluding hydrogens is 276 g/mol. The Morgan fingerprint density at radius 2 is 1.95 bits per heavy atom. The summed E-state index contributed by atoms with van der Waals surface area (Å²) >= 11 is 3.26. The Kier molecular flexibility index (Phi) is 3.54. The molecule has 0 atom stereocenters. The van der Waals surface area contributed by atoms with E-state index in [0.717, 1.165) is 17.8 Å². The number of anilines is 1. The summed E-state index contributed by atoms with van der Waals surface area (Å²) < 4.78 is 0. The van der Waals surface area contributed by atoms with Crippen molar-refractivity contribution in [1.29, 1.82) is 0 Å². The average Bonchev–Trinajstić information content (AvgIpc) is 3.02. The molecule has 1 aliphatic carbocycles. The van der Waals surface area contributed by atoms with E-state index >= 15 is 0 Å². The monoisotopic (exact) mass is 294 g/mol. The van der Waals surface area contributed by atoms with Gasteiger partial charge in [-0.15, -0.1) is 21.5 Å². The minimum Gasteiger partial charge on any atom is -0.374 e. The molecule has 0 amide bonds. The molecule has 2 N–H and O–H groups in total. The molecule has 19 heavy (non-hydrogen) atoms. The highest BCUT2D eigenvalue weighted by Gasteiger charge is 2.32. The van der Waals surface area contributed by atoms with E-state index in [2.05, 4.69) is 24.0 Å². The van der Waals surface area contributed by atoms with Crippen LogP contribution in [0, 0.1) is 0 Å². The van der Waals surface area contributed by atoms with E-state index in [-0.39, 0.29) is 0 Å². The van der Waals surface area contributed by atoms with Crippen molar-refractivity contribution in [2.45, 2.75) is 51.4 Å². The first-order valence-electron chi connectivity index (χ1n) is 6.82. The lowest BCUT2D eigenvalue weighted by Gasteiger charge is -2.06. The van der Waals surface area contributed by atoms with Gasteiger partial charge in [-0.3, -0.25) is 0 Å². The predicted molar refractivity (Wildman–Crippen MR) is 80.7 cm³/mol. The number of nitrogens with two attached hydrogens (primary N) is 1. The Bertz CT molecular complexity index is 567. The predicted octanol–water partition coefficient (Wildman–Crippen LogP) is 4.02. The van der Waals surface area contributed by atoms with Gasteiger partial charge in [-0.05, 0) is 25.7 Å². The maximum absolute atomic E-state index is 5.71. The molecule has 2 aromatic rings. The van der Waals surface area contributed by atoms with E-state index in [1.54, 1.807) is 11.3 Å². The molecule has 0 bridgehead atoms. The fourth-order valence-electron chi connectivity index (χ4n) is 2.27. The molecule has 1 aliphatic rings. The fourth-order valence-corrected chi connectivity index (χ4v) is 4.38. The maximum atomic E-state index is 5.71. The van der Waals surface area contributed by atoms with Crippen LogP contribution < -0.4 is 5.73 Å². The molecule has 0 unspecified atom stereocenters. The third kappa shape index (κ3) is 2.51. The number of hydrogen-bond acceptors (Lipinski definition) is 6. The van der Waals surface area contributed by atoms with Crippen molar-refractivity contribution in [3.8, 4) is 9.88 Å². The van der Waals surface area contributed by atoms with Crippen molar-refractivity contribution in [2.24, 2.45) is 0 Å². The molecular formula is C13H18N4S2. The molecule has 4 nitrogen and oxygen atoms in total. The second-order valence-corrected chi connectivity index (χ2v) is 7.04. The van der Waals surface area contributed by atoms with Gasteiger partial charge < -0.3 is 5.73 Å². The lowest BCUT2D eigenvalue weighted by atomic mass is 10.1. The molecule has 0 radical (unpaired) electrons. The van der Waals surface area contributed by atoms with E-state index in [9.17, 15) is 0 Å². The Morgan fingerprint density at radius 1 is 1.21 bits per heavy atom. The molecule has 6 heteroatoms. The summed E-state index contributed by atoms with van der Waals surface area (Å²) in [5.41, 5.74) is 6.94. The summed E-state index contributed by atoms with van der Waals surface area (Å²) in [5.74, 6) is 1.21. The Balaban J connectivity index is 2.02. The van der Waals surface area contributed by atoms with Crippen LogP contribution in [0.15, 0.2) is 0 Å². The highest BCUT2D eigenvalue weighted by Crippen LogP contribution is 2.48. The van der Waals surface area contributed by atoms with Crippen LogP contribution in [0.4, 0.5) is 5.13 Å². The van der Waals surface area contributed by atoms with Gasteiger partial charge in [-0.25, -0.2) is 4.98 Å². The van der Waals surface area contributed by atoms with Gasteiger partial charge in [-0.2, -0.15) is 0 Å². The normalized spacial score (nSPS) is 15.3. The number of nitrogens with zero attached hydrogens (tertiary/aromatic N) is 3. The standard InChI is InChI=1S/C13H18N4S2/c1-3-7(4-2)11-15-9(8-5-6-8)10(18-11)12-16-17-13(14)19-12/h7-8H,3-6H2,1-2H3,(H2,14,17). The second-order valence-electron chi connectivity index (χ2n) is 5.00. The van der Waals surface area contributed by atoms with Crippen molar-refractivity contribution in [1.82, 2.24) is 15.2 Å². The number of thiazole rings is 1. The van der Waals surface area contributed by atoms with Gasteiger partial charge in [0, 0.05) is 11.8 Å². The van der Waals surface area contributed by atoms with Crippen molar-refractivity contribution < 1.29 is 0 Å². The number of hydrogen-bond donors (Lipinski definition) is 1. The minimum atomic E-state index is 0.536. The third-order valence-corrected chi connectivity index (χ3v) is 5.74. The Labute approximate surface area is 121 Å². The van der Waals surface area contributed by atoms with Gasteiger partial charge >= 0.3 is 0 Å². The molecule has 2 aromatic heterocycles. The van der Waals surface area contributed by atoms with Crippen molar-refractivity contribution in [3.63, 3.8) is 0 Å². The second kappa shape index (κ2) is 5.17. The highest BCUT2D eigenvalue weighted by molar-refractivity contribution is 7.23. The summed E-state index contributed by atoms with van der Waals surface area (Å²) in [6, 6.07) is 0. The van der Waals surface area contributed by atoms with Gasteiger partial charge in [0.15, 0.2) is 5.01 Å². The van der Waals surface area contributed by atoms with Crippen LogP contribution >= 0.6 is 22.7 Å². The molecule has 0 aliphatic heterocycles. The summed E-state index contributed by atoms with van der Waals surface area (Å²) in [6.45, 7) is 4.46. The molecule has 0 saturated heterocycles. The lowest BCUT2D eigenvalue weighted by molar-refractivity contribution is 0.635. The van der Waals surface area contributed by atoms with Crippen LogP contribution in [0.25, 0.3) is 9.88 Å². The minimum absolute atomic E-state index is 0.536. The average molecular weight is 294 g/mol. The topological polar surface area (TPSA) is 64.7 Å². The first kappa shape index (κ1) is 13.0.